The van der Waals surface area contributed by atoms with E-state index in [1.807, 2.05) is 29.1 Å². The molecule has 28 heavy (non-hydrogen) atoms. The minimum Gasteiger partial charge on any atom is -0.492 e. The molecule has 0 bridgehead atoms. The Morgan fingerprint density at radius 1 is 1.14 bits per heavy atom. The Hall–Kier alpha value is -2.44. The number of hydrogen-bond donors (Lipinski definition) is 0. The number of fused-ring (bicyclic) bond motifs is 1. The summed E-state index contributed by atoms with van der Waals surface area (Å²) in [5.74, 6) is 0.878. The Morgan fingerprint density at radius 3 is 2.79 bits per heavy atom. The molecule has 6 nitrogen and oxygen atoms in total. The number of benzene rings is 1. The summed E-state index contributed by atoms with van der Waals surface area (Å²) in [4.78, 5) is 7.26. The minimum absolute atomic E-state index is 0.659. The third-order valence-electron chi connectivity index (χ3n) is 5.15. The van der Waals surface area contributed by atoms with Gasteiger partial charge in [0.05, 0.1) is 30.6 Å². The quantitative estimate of drug-likeness (QED) is 0.628. The molecule has 4 rings (SSSR count). The highest BCUT2D eigenvalue weighted by molar-refractivity contribution is 5.82. The maximum absolute atomic E-state index is 6.15. The summed E-state index contributed by atoms with van der Waals surface area (Å²) < 4.78 is 13.6. The first-order valence-electron chi connectivity index (χ1n) is 10.1. The first-order valence-corrected chi connectivity index (χ1v) is 10.1. The number of hydrogen-bond acceptors (Lipinski definition) is 5. The smallest absolute Gasteiger partial charge is 0.128 e. The average Bonchev–Trinajstić information content (AvgIpc) is 3.13. The maximum Gasteiger partial charge on any atom is 0.128 e. The zero-order valence-electron chi connectivity index (χ0n) is 16.7. The summed E-state index contributed by atoms with van der Waals surface area (Å²) in [5.41, 5.74) is 5.21. The van der Waals surface area contributed by atoms with E-state index in [1.54, 1.807) is 0 Å². The zero-order chi connectivity index (χ0) is 19.3. The van der Waals surface area contributed by atoms with Gasteiger partial charge in [0.25, 0.3) is 0 Å². The molecule has 0 spiro atoms. The third-order valence-corrected chi connectivity index (χ3v) is 5.15. The predicted octanol–water partition coefficient (Wildman–Crippen LogP) is 3.53. The van der Waals surface area contributed by atoms with Crippen LogP contribution in [0, 0.1) is 6.92 Å². The number of pyridine rings is 1. The number of para-hydroxylation sites is 1. The summed E-state index contributed by atoms with van der Waals surface area (Å²) in [6, 6.07) is 10.3. The zero-order valence-corrected chi connectivity index (χ0v) is 16.7. The lowest BCUT2D eigenvalue weighted by molar-refractivity contribution is 0.0323. The van der Waals surface area contributed by atoms with Gasteiger partial charge in [-0.15, -0.1) is 0 Å². The second kappa shape index (κ2) is 8.71. The van der Waals surface area contributed by atoms with Crippen LogP contribution in [-0.4, -0.2) is 59.1 Å². The van der Waals surface area contributed by atoms with Crippen LogP contribution in [0.4, 0.5) is 0 Å². The Kier molecular flexibility index (Phi) is 5.88. The highest BCUT2D eigenvalue weighted by Gasteiger charge is 2.14. The monoisotopic (exact) mass is 380 g/mol. The number of ether oxygens (including phenoxy) is 2. The highest BCUT2D eigenvalue weighted by Crippen LogP contribution is 2.31. The Balaban J connectivity index is 1.55. The SMILES string of the molecule is CCCn1ncc2nc(-c3ccccc3OCCN3CCOCC3)cc(C)c21. The molecule has 0 radical (unpaired) electrons. The summed E-state index contributed by atoms with van der Waals surface area (Å²) in [7, 11) is 0. The van der Waals surface area contributed by atoms with Crippen molar-refractivity contribution in [2.24, 2.45) is 0 Å². The van der Waals surface area contributed by atoms with Crippen molar-refractivity contribution in [3.8, 4) is 17.0 Å². The van der Waals surface area contributed by atoms with Crippen LogP contribution in [0.5, 0.6) is 5.75 Å². The van der Waals surface area contributed by atoms with Gasteiger partial charge in [0.15, 0.2) is 0 Å². The Labute approximate surface area is 166 Å². The van der Waals surface area contributed by atoms with Crippen molar-refractivity contribution in [1.82, 2.24) is 19.7 Å². The number of aromatic nitrogens is 3. The summed E-state index contributed by atoms with van der Waals surface area (Å²) in [6.07, 6.45) is 2.92. The Bertz CT molecular complexity index is 931. The molecule has 1 aliphatic rings. The molecule has 0 aliphatic carbocycles. The molecule has 0 N–H and O–H groups in total. The van der Waals surface area contributed by atoms with E-state index in [0.717, 1.165) is 73.9 Å². The minimum atomic E-state index is 0.659. The fourth-order valence-corrected chi connectivity index (χ4v) is 3.73. The number of rotatable bonds is 7. The van der Waals surface area contributed by atoms with Gasteiger partial charge in [-0.1, -0.05) is 19.1 Å². The van der Waals surface area contributed by atoms with Gasteiger partial charge in [0.2, 0.25) is 0 Å². The fourth-order valence-electron chi connectivity index (χ4n) is 3.73. The number of morpholine rings is 1. The van der Waals surface area contributed by atoms with Gasteiger partial charge in [0.1, 0.15) is 17.9 Å². The lowest BCUT2D eigenvalue weighted by Gasteiger charge is -2.26. The predicted molar refractivity (Wildman–Crippen MR) is 111 cm³/mol. The molecule has 1 aliphatic heterocycles. The van der Waals surface area contributed by atoms with Crippen molar-refractivity contribution in [1.29, 1.82) is 0 Å². The van der Waals surface area contributed by atoms with Gasteiger partial charge in [-0.05, 0) is 37.1 Å². The first-order chi connectivity index (χ1) is 13.8. The molecule has 1 aromatic carbocycles. The lowest BCUT2D eigenvalue weighted by atomic mass is 10.1. The molecule has 3 heterocycles. The third kappa shape index (κ3) is 4.03. The van der Waals surface area contributed by atoms with Crippen LogP contribution in [-0.2, 0) is 11.3 Å². The van der Waals surface area contributed by atoms with E-state index in [1.165, 1.54) is 5.56 Å². The molecule has 0 amide bonds. The van der Waals surface area contributed by atoms with Gasteiger partial charge >= 0.3 is 0 Å². The average molecular weight is 380 g/mol. The van der Waals surface area contributed by atoms with E-state index in [-0.39, 0.29) is 0 Å². The van der Waals surface area contributed by atoms with Gasteiger partial charge in [0, 0.05) is 31.7 Å². The molecule has 1 saturated heterocycles. The summed E-state index contributed by atoms with van der Waals surface area (Å²) >= 11 is 0. The molecular formula is C22H28N4O2. The van der Waals surface area contributed by atoms with Crippen LogP contribution in [0.25, 0.3) is 22.3 Å². The summed E-state index contributed by atoms with van der Waals surface area (Å²) in [5, 5.41) is 4.51. The van der Waals surface area contributed by atoms with E-state index < -0.39 is 0 Å². The molecular weight excluding hydrogens is 352 g/mol. The van der Waals surface area contributed by atoms with Crippen molar-refractivity contribution in [2.45, 2.75) is 26.8 Å². The number of aryl methyl sites for hydroxylation is 2. The van der Waals surface area contributed by atoms with Crippen molar-refractivity contribution in [3.05, 3.63) is 42.1 Å². The van der Waals surface area contributed by atoms with E-state index in [0.29, 0.717) is 6.61 Å². The van der Waals surface area contributed by atoms with Crippen LogP contribution in [0.3, 0.4) is 0 Å². The topological polar surface area (TPSA) is 52.4 Å². The van der Waals surface area contributed by atoms with Crippen LogP contribution >= 0.6 is 0 Å². The maximum atomic E-state index is 6.15. The molecule has 2 aromatic heterocycles. The van der Waals surface area contributed by atoms with Crippen LogP contribution in [0.2, 0.25) is 0 Å². The molecule has 0 atom stereocenters. The molecule has 0 unspecified atom stereocenters. The molecule has 0 saturated carbocycles. The van der Waals surface area contributed by atoms with Crippen LogP contribution in [0.15, 0.2) is 36.5 Å². The van der Waals surface area contributed by atoms with E-state index in [4.69, 9.17) is 14.5 Å². The second-order valence-corrected chi connectivity index (χ2v) is 7.22. The van der Waals surface area contributed by atoms with Crippen LogP contribution < -0.4 is 4.74 Å². The first kappa shape index (κ1) is 18.9. The normalized spacial score (nSPS) is 15.2. The Morgan fingerprint density at radius 2 is 1.96 bits per heavy atom. The van der Waals surface area contributed by atoms with Crippen molar-refractivity contribution >= 4 is 11.0 Å². The van der Waals surface area contributed by atoms with Gasteiger partial charge in [-0.3, -0.25) is 9.58 Å². The lowest BCUT2D eigenvalue weighted by Crippen LogP contribution is -2.38. The molecule has 148 valence electrons. The van der Waals surface area contributed by atoms with E-state index in [2.05, 4.69) is 36.0 Å². The number of nitrogens with zero attached hydrogens (tertiary/aromatic N) is 4. The molecule has 3 aromatic rings. The van der Waals surface area contributed by atoms with E-state index in [9.17, 15) is 0 Å². The van der Waals surface area contributed by atoms with Gasteiger partial charge in [-0.25, -0.2) is 4.98 Å². The van der Waals surface area contributed by atoms with Gasteiger partial charge in [-0.2, -0.15) is 5.10 Å². The molecule has 1 fully saturated rings. The highest BCUT2D eigenvalue weighted by atomic mass is 16.5. The largest absolute Gasteiger partial charge is 0.492 e. The second-order valence-electron chi connectivity index (χ2n) is 7.22. The van der Waals surface area contributed by atoms with Crippen LogP contribution in [0.1, 0.15) is 18.9 Å². The molecule has 6 heteroatoms. The van der Waals surface area contributed by atoms with Gasteiger partial charge < -0.3 is 9.47 Å². The fraction of sp³-hybridized carbons (Fsp3) is 0.455. The van der Waals surface area contributed by atoms with Crippen molar-refractivity contribution < 1.29 is 9.47 Å². The van der Waals surface area contributed by atoms with Crippen molar-refractivity contribution in [3.63, 3.8) is 0 Å². The van der Waals surface area contributed by atoms with Crippen molar-refractivity contribution in [2.75, 3.05) is 39.5 Å². The summed E-state index contributed by atoms with van der Waals surface area (Å²) in [6.45, 7) is 10.3. The van der Waals surface area contributed by atoms with E-state index >= 15 is 0 Å². The standard InChI is InChI=1S/C22H28N4O2/c1-3-8-26-22-17(2)15-19(24-20(22)16-23-26)18-6-4-5-7-21(18)28-14-11-25-9-12-27-13-10-25/h4-7,15-16H,3,8-14H2,1-2H3.